The molecular weight excluding hydrogens is 434 g/mol. The zero-order valence-electron chi connectivity index (χ0n) is 14.0. The van der Waals surface area contributed by atoms with Crippen molar-refractivity contribution in [3.8, 4) is 5.75 Å². The van der Waals surface area contributed by atoms with E-state index >= 15 is 0 Å². The Bertz CT molecular complexity index is 718. The lowest BCUT2D eigenvalue weighted by atomic mass is 9.97. The Morgan fingerprint density at radius 3 is 2.54 bits per heavy atom. The third-order valence-electron chi connectivity index (χ3n) is 3.93. The smallest absolute Gasteiger partial charge is 0.265 e. The standard InChI is InChI=1S/C19H21Br2NO2/c1-4-12(2)15-7-5-6-8-17(15)22-19(23)13(3)24-18-10-9-14(20)11-16(18)21/h5-13H,4H2,1-3H3,(H,22,23). The van der Waals surface area contributed by atoms with Gasteiger partial charge in [-0.1, -0.05) is 48.0 Å². The molecule has 24 heavy (non-hydrogen) atoms. The fourth-order valence-electron chi connectivity index (χ4n) is 2.31. The van der Waals surface area contributed by atoms with Crippen LogP contribution in [-0.2, 0) is 4.79 Å². The Morgan fingerprint density at radius 2 is 1.88 bits per heavy atom. The van der Waals surface area contributed by atoms with Gasteiger partial charge in [0.15, 0.2) is 6.10 Å². The first kappa shape index (κ1) is 19.0. The topological polar surface area (TPSA) is 38.3 Å². The van der Waals surface area contributed by atoms with Gasteiger partial charge >= 0.3 is 0 Å². The Morgan fingerprint density at radius 1 is 1.17 bits per heavy atom. The Kier molecular flexibility index (Phi) is 6.87. The van der Waals surface area contributed by atoms with E-state index in [1.807, 2.05) is 36.4 Å². The fraction of sp³-hybridized carbons (Fsp3) is 0.316. The molecule has 2 aromatic rings. The quantitative estimate of drug-likeness (QED) is 0.569. The van der Waals surface area contributed by atoms with E-state index in [0.717, 1.165) is 26.6 Å². The molecule has 5 heteroatoms. The summed E-state index contributed by atoms with van der Waals surface area (Å²) in [4.78, 5) is 12.5. The van der Waals surface area contributed by atoms with Crippen molar-refractivity contribution in [2.24, 2.45) is 0 Å². The van der Waals surface area contributed by atoms with Crippen molar-refractivity contribution in [3.63, 3.8) is 0 Å². The molecule has 1 amide bonds. The second-order valence-corrected chi connectivity index (χ2v) is 7.49. The van der Waals surface area contributed by atoms with Gasteiger partial charge in [-0.2, -0.15) is 0 Å². The van der Waals surface area contributed by atoms with E-state index in [4.69, 9.17) is 4.74 Å². The first-order valence-electron chi connectivity index (χ1n) is 7.93. The number of carbonyl (C=O) groups excluding carboxylic acids is 1. The number of rotatable bonds is 6. The molecule has 0 fully saturated rings. The van der Waals surface area contributed by atoms with Gasteiger partial charge in [0.1, 0.15) is 5.75 Å². The van der Waals surface area contributed by atoms with Crippen LogP contribution in [0.2, 0.25) is 0 Å². The number of nitrogens with one attached hydrogen (secondary N) is 1. The van der Waals surface area contributed by atoms with Gasteiger partial charge in [-0.15, -0.1) is 0 Å². The van der Waals surface area contributed by atoms with Crippen molar-refractivity contribution >= 4 is 43.5 Å². The largest absolute Gasteiger partial charge is 0.480 e. The Hall–Kier alpha value is -1.33. The van der Waals surface area contributed by atoms with Gasteiger partial charge in [-0.05, 0) is 65.0 Å². The van der Waals surface area contributed by atoms with E-state index in [1.54, 1.807) is 6.92 Å². The van der Waals surface area contributed by atoms with Crippen molar-refractivity contribution in [1.82, 2.24) is 0 Å². The van der Waals surface area contributed by atoms with Crippen LogP contribution < -0.4 is 10.1 Å². The summed E-state index contributed by atoms with van der Waals surface area (Å²) in [6, 6.07) is 13.5. The van der Waals surface area contributed by atoms with E-state index in [9.17, 15) is 4.79 Å². The summed E-state index contributed by atoms with van der Waals surface area (Å²) < 4.78 is 7.53. The third kappa shape index (κ3) is 4.84. The predicted octanol–water partition coefficient (Wildman–Crippen LogP) is 6.13. The third-order valence-corrected chi connectivity index (χ3v) is 5.04. The summed E-state index contributed by atoms with van der Waals surface area (Å²) in [5.41, 5.74) is 1.99. The van der Waals surface area contributed by atoms with Crippen LogP contribution in [0.5, 0.6) is 5.75 Å². The normalized spacial score (nSPS) is 13.2. The number of amides is 1. The maximum atomic E-state index is 12.5. The molecule has 0 aliphatic carbocycles. The molecule has 3 nitrogen and oxygen atoms in total. The molecule has 128 valence electrons. The van der Waals surface area contributed by atoms with E-state index in [-0.39, 0.29) is 5.91 Å². The zero-order chi connectivity index (χ0) is 17.7. The highest BCUT2D eigenvalue weighted by Crippen LogP contribution is 2.30. The maximum absolute atomic E-state index is 12.5. The minimum absolute atomic E-state index is 0.166. The molecule has 0 aliphatic heterocycles. The first-order chi connectivity index (χ1) is 11.4. The molecule has 0 spiro atoms. The number of carbonyl (C=O) groups is 1. The fourth-order valence-corrected chi connectivity index (χ4v) is 3.45. The highest BCUT2D eigenvalue weighted by molar-refractivity contribution is 9.11. The Balaban J connectivity index is 2.09. The van der Waals surface area contributed by atoms with Gasteiger partial charge in [-0.25, -0.2) is 0 Å². The molecule has 2 atom stereocenters. The van der Waals surface area contributed by atoms with Crippen LogP contribution in [0.4, 0.5) is 5.69 Å². The van der Waals surface area contributed by atoms with E-state index < -0.39 is 6.10 Å². The average Bonchev–Trinajstić information content (AvgIpc) is 2.57. The highest BCUT2D eigenvalue weighted by Gasteiger charge is 2.18. The number of ether oxygens (including phenoxy) is 1. The predicted molar refractivity (Wildman–Crippen MR) is 106 cm³/mol. The molecule has 0 saturated heterocycles. The lowest BCUT2D eigenvalue weighted by Gasteiger charge is -2.19. The van der Waals surface area contributed by atoms with Gasteiger partial charge in [0.25, 0.3) is 5.91 Å². The van der Waals surface area contributed by atoms with Gasteiger partial charge in [0, 0.05) is 10.2 Å². The van der Waals surface area contributed by atoms with Crippen LogP contribution in [0.25, 0.3) is 0 Å². The number of para-hydroxylation sites is 1. The zero-order valence-corrected chi connectivity index (χ0v) is 17.1. The van der Waals surface area contributed by atoms with Crippen molar-refractivity contribution in [1.29, 1.82) is 0 Å². The lowest BCUT2D eigenvalue weighted by molar-refractivity contribution is -0.122. The van der Waals surface area contributed by atoms with Gasteiger partial charge in [-0.3, -0.25) is 4.79 Å². The number of hydrogen-bond acceptors (Lipinski definition) is 2. The monoisotopic (exact) mass is 453 g/mol. The van der Waals surface area contributed by atoms with Crippen molar-refractivity contribution in [3.05, 3.63) is 57.0 Å². The molecule has 0 bridgehead atoms. The molecule has 0 saturated carbocycles. The number of benzene rings is 2. The van der Waals surface area contributed by atoms with Crippen molar-refractivity contribution in [2.75, 3.05) is 5.32 Å². The van der Waals surface area contributed by atoms with Gasteiger partial charge in [0.2, 0.25) is 0 Å². The first-order valence-corrected chi connectivity index (χ1v) is 9.52. The summed E-state index contributed by atoms with van der Waals surface area (Å²) in [6.07, 6.45) is 0.414. The molecule has 0 aliphatic rings. The molecule has 1 N–H and O–H groups in total. The summed E-state index contributed by atoms with van der Waals surface area (Å²) in [7, 11) is 0. The number of hydrogen-bond donors (Lipinski definition) is 1. The van der Waals surface area contributed by atoms with Crippen LogP contribution in [0, 0.1) is 0 Å². The number of halogens is 2. The average molecular weight is 455 g/mol. The van der Waals surface area contributed by atoms with Gasteiger partial charge < -0.3 is 10.1 Å². The van der Waals surface area contributed by atoms with E-state index in [2.05, 4.69) is 57.1 Å². The SMILES string of the molecule is CCC(C)c1ccccc1NC(=O)C(C)Oc1ccc(Br)cc1Br. The molecule has 0 aromatic heterocycles. The highest BCUT2D eigenvalue weighted by atomic mass is 79.9. The molecule has 0 radical (unpaired) electrons. The van der Waals surface area contributed by atoms with Crippen LogP contribution in [0.15, 0.2) is 51.4 Å². The minimum Gasteiger partial charge on any atom is -0.480 e. The van der Waals surface area contributed by atoms with Crippen LogP contribution in [0.1, 0.15) is 38.7 Å². The maximum Gasteiger partial charge on any atom is 0.265 e. The molecule has 0 heterocycles. The van der Waals surface area contributed by atoms with Crippen LogP contribution >= 0.6 is 31.9 Å². The minimum atomic E-state index is -0.604. The second-order valence-electron chi connectivity index (χ2n) is 5.72. The molecule has 2 aromatic carbocycles. The second kappa shape index (κ2) is 8.67. The molecule has 2 unspecified atom stereocenters. The molecular formula is C19H21Br2NO2. The summed E-state index contributed by atoms with van der Waals surface area (Å²) in [5.74, 6) is 0.856. The summed E-state index contributed by atoms with van der Waals surface area (Å²) >= 11 is 6.84. The lowest BCUT2D eigenvalue weighted by Crippen LogP contribution is -2.30. The molecule has 2 rings (SSSR count). The van der Waals surface area contributed by atoms with E-state index in [1.165, 1.54) is 0 Å². The van der Waals surface area contributed by atoms with Gasteiger partial charge in [0.05, 0.1) is 4.47 Å². The Labute approximate surface area is 160 Å². The van der Waals surface area contributed by atoms with Crippen molar-refractivity contribution in [2.45, 2.75) is 39.2 Å². The summed E-state index contributed by atoms with van der Waals surface area (Å²) in [6.45, 7) is 6.04. The van der Waals surface area contributed by atoms with Crippen LogP contribution in [0.3, 0.4) is 0 Å². The van der Waals surface area contributed by atoms with Crippen molar-refractivity contribution < 1.29 is 9.53 Å². The van der Waals surface area contributed by atoms with Crippen LogP contribution in [-0.4, -0.2) is 12.0 Å². The van der Waals surface area contributed by atoms with E-state index in [0.29, 0.717) is 11.7 Å². The number of anilines is 1. The summed E-state index contributed by atoms with van der Waals surface area (Å²) in [5, 5.41) is 2.99.